The van der Waals surface area contributed by atoms with Gasteiger partial charge in [-0.3, -0.25) is 0 Å². The van der Waals surface area contributed by atoms with Gasteiger partial charge in [-0.05, 0) is 18.9 Å². The van der Waals surface area contributed by atoms with Crippen LogP contribution >= 0.6 is 0 Å². The van der Waals surface area contributed by atoms with E-state index in [1.165, 1.54) is 25.7 Å². The molecule has 0 amide bonds. The molecule has 1 aliphatic rings. The fourth-order valence-electron chi connectivity index (χ4n) is 2.47. The molecule has 1 aromatic heterocycles. The highest BCUT2D eigenvalue weighted by Gasteiger charge is 2.14. The van der Waals surface area contributed by atoms with E-state index in [1.54, 1.807) is 0 Å². The van der Waals surface area contributed by atoms with Crippen LogP contribution in [0, 0.1) is 0 Å². The van der Waals surface area contributed by atoms with Gasteiger partial charge in [-0.2, -0.15) is 0 Å². The van der Waals surface area contributed by atoms with E-state index in [1.807, 2.05) is 12.3 Å². The molecule has 1 fully saturated rings. The molecule has 5 nitrogen and oxygen atoms in total. The minimum Gasteiger partial charge on any atom is -0.357 e. The first-order valence-electron chi connectivity index (χ1n) is 7.73. The summed E-state index contributed by atoms with van der Waals surface area (Å²) in [6.45, 7) is 7.12. The Balaban J connectivity index is 2.02. The van der Waals surface area contributed by atoms with Crippen molar-refractivity contribution >= 4 is 5.82 Å². The first kappa shape index (κ1) is 15.2. The van der Waals surface area contributed by atoms with E-state index in [0.717, 1.165) is 24.7 Å². The number of rotatable bonds is 5. The Morgan fingerprint density at radius 2 is 1.95 bits per heavy atom. The van der Waals surface area contributed by atoms with Crippen molar-refractivity contribution in [1.82, 2.24) is 15.3 Å². The van der Waals surface area contributed by atoms with Crippen LogP contribution < -0.4 is 16.0 Å². The van der Waals surface area contributed by atoms with Crippen LogP contribution in [0.4, 0.5) is 5.82 Å². The Morgan fingerprint density at radius 3 is 2.60 bits per heavy atom. The van der Waals surface area contributed by atoms with E-state index >= 15 is 0 Å². The number of aromatic nitrogens is 2. The maximum Gasteiger partial charge on any atom is 0.148 e. The normalized spacial score (nSPS) is 18.1. The molecule has 0 radical (unpaired) electrons. The SMILES string of the molecule is CC(C)NCC(N)c1nccc(N2CCCCCC2)n1. The van der Waals surface area contributed by atoms with Crippen LogP contribution in [0.5, 0.6) is 0 Å². The quantitative estimate of drug-likeness (QED) is 0.860. The molecule has 1 saturated heterocycles. The summed E-state index contributed by atoms with van der Waals surface area (Å²) in [5, 5.41) is 3.33. The van der Waals surface area contributed by atoms with Crippen molar-refractivity contribution in [3.8, 4) is 0 Å². The second-order valence-electron chi connectivity index (χ2n) is 5.84. The fraction of sp³-hybridized carbons (Fsp3) is 0.733. The number of nitrogens with one attached hydrogen (secondary N) is 1. The molecule has 20 heavy (non-hydrogen) atoms. The molecule has 0 bridgehead atoms. The van der Waals surface area contributed by atoms with E-state index in [2.05, 4.69) is 34.0 Å². The molecule has 1 unspecified atom stereocenters. The van der Waals surface area contributed by atoms with Crippen molar-refractivity contribution < 1.29 is 0 Å². The summed E-state index contributed by atoms with van der Waals surface area (Å²) in [5.41, 5.74) is 6.17. The predicted octanol–water partition coefficient (Wildman–Crippen LogP) is 1.85. The van der Waals surface area contributed by atoms with Crippen LogP contribution in [0.25, 0.3) is 0 Å². The summed E-state index contributed by atoms with van der Waals surface area (Å²) < 4.78 is 0. The standard InChI is InChI=1S/C15H27N5/c1-12(2)18-11-13(16)15-17-8-7-14(19-15)20-9-5-3-4-6-10-20/h7-8,12-13,18H,3-6,9-11,16H2,1-2H3. The van der Waals surface area contributed by atoms with Crippen LogP contribution in [0.15, 0.2) is 12.3 Å². The van der Waals surface area contributed by atoms with Crippen LogP contribution in [-0.4, -0.2) is 35.6 Å². The minimum absolute atomic E-state index is 0.149. The van der Waals surface area contributed by atoms with Gasteiger partial charge in [0.15, 0.2) is 0 Å². The Hall–Kier alpha value is -1.20. The molecular formula is C15H27N5. The maximum atomic E-state index is 6.17. The topological polar surface area (TPSA) is 67.1 Å². The molecule has 5 heteroatoms. The van der Waals surface area contributed by atoms with Crippen molar-refractivity contribution in [3.63, 3.8) is 0 Å². The average molecular weight is 277 g/mol. The Bertz CT molecular complexity index is 399. The lowest BCUT2D eigenvalue weighted by atomic mass is 10.2. The summed E-state index contributed by atoms with van der Waals surface area (Å²) in [6, 6.07) is 2.27. The van der Waals surface area contributed by atoms with Crippen molar-refractivity contribution in [3.05, 3.63) is 18.1 Å². The van der Waals surface area contributed by atoms with Crippen LogP contribution in [-0.2, 0) is 0 Å². The van der Waals surface area contributed by atoms with Crippen LogP contribution in [0.3, 0.4) is 0 Å². The lowest BCUT2D eigenvalue weighted by molar-refractivity contribution is 0.523. The van der Waals surface area contributed by atoms with Gasteiger partial charge in [0.05, 0.1) is 6.04 Å². The van der Waals surface area contributed by atoms with E-state index < -0.39 is 0 Å². The lowest BCUT2D eigenvalue weighted by Crippen LogP contribution is -2.33. The van der Waals surface area contributed by atoms with Gasteiger partial charge in [0.2, 0.25) is 0 Å². The number of hydrogen-bond donors (Lipinski definition) is 2. The van der Waals surface area contributed by atoms with Crippen molar-refractivity contribution in [1.29, 1.82) is 0 Å². The van der Waals surface area contributed by atoms with E-state index in [9.17, 15) is 0 Å². The third kappa shape index (κ3) is 4.42. The van der Waals surface area contributed by atoms with Gasteiger partial charge < -0.3 is 16.0 Å². The molecule has 0 aliphatic carbocycles. The van der Waals surface area contributed by atoms with Crippen LogP contribution in [0.1, 0.15) is 51.4 Å². The number of hydrogen-bond acceptors (Lipinski definition) is 5. The molecule has 112 valence electrons. The number of nitrogens with two attached hydrogens (primary N) is 1. The Morgan fingerprint density at radius 1 is 1.25 bits per heavy atom. The number of nitrogens with zero attached hydrogens (tertiary/aromatic N) is 3. The molecule has 2 rings (SSSR count). The van der Waals surface area contributed by atoms with Crippen molar-refractivity contribution in [2.45, 2.75) is 51.6 Å². The summed E-state index contributed by atoms with van der Waals surface area (Å²) in [7, 11) is 0. The molecule has 2 heterocycles. The summed E-state index contributed by atoms with van der Waals surface area (Å²) in [4.78, 5) is 11.4. The predicted molar refractivity (Wildman–Crippen MR) is 82.8 cm³/mol. The monoisotopic (exact) mass is 277 g/mol. The first-order valence-corrected chi connectivity index (χ1v) is 7.73. The van der Waals surface area contributed by atoms with Gasteiger partial charge in [-0.15, -0.1) is 0 Å². The van der Waals surface area contributed by atoms with Crippen molar-refractivity contribution in [2.24, 2.45) is 5.73 Å². The summed E-state index contributed by atoms with van der Waals surface area (Å²) in [6.07, 6.45) is 6.98. The highest BCUT2D eigenvalue weighted by atomic mass is 15.2. The number of anilines is 1. The highest BCUT2D eigenvalue weighted by molar-refractivity contribution is 5.37. The van der Waals surface area contributed by atoms with Crippen molar-refractivity contribution in [2.75, 3.05) is 24.5 Å². The first-order chi connectivity index (χ1) is 9.66. The Kier molecular flexibility index (Phi) is 5.73. The molecule has 0 aromatic carbocycles. The van der Waals surface area contributed by atoms with E-state index in [4.69, 9.17) is 5.73 Å². The summed E-state index contributed by atoms with van der Waals surface area (Å²) >= 11 is 0. The van der Waals surface area contributed by atoms with Gasteiger partial charge in [0.1, 0.15) is 11.6 Å². The molecule has 1 atom stereocenters. The largest absolute Gasteiger partial charge is 0.357 e. The lowest BCUT2D eigenvalue weighted by Gasteiger charge is -2.22. The van der Waals surface area contributed by atoms with E-state index in [0.29, 0.717) is 12.6 Å². The van der Waals surface area contributed by atoms with Crippen LogP contribution in [0.2, 0.25) is 0 Å². The molecule has 0 saturated carbocycles. The maximum absolute atomic E-state index is 6.17. The van der Waals surface area contributed by atoms with E-state index in [-0.39, 0.29) is 6.04 Å². The summed E-state index contributed by atoms with van der Waals surface area (Å²) in [5.74, 6) is 1.76. The highest BCUT2D eigenvalue weighted by Crippen LogP contribution is 2.18. The zero-order chi connectivity index (χ0) is 14.4. The molecule has 0 spiro atoms. The smallest absolute Gasteiger partial charge is 0.148 e. The average Bonchev–Trinajstić information content (AvgIpc) is 2.74. The molecule has 1 aromatic rings. The second kappa shape index (κ2) is 7.55. The molecular weight excluding hydrogens is 250 g/mol. The van der Waals surface area contributed by atoms with Gasteiger partial charge in [-0.25, -0.2) is 9.97 Å². The van der Waals surface area contributed by atoms with Gasteiger partial charge in [-0.1, -0.05) is 26.7 Å². The minimum atomic E-state index is -0.149. The molecule has 3 N–H and O–H groups in total. The fourth-order valence-corrected chi connectivity index (χ4v) is 2.47. The third-order valence-electron chi connectivity index (χ3n) is 3.67. The zero-order valence-electron chi connectivity index (χ0n) is 12.7. The third-order valence-corrected chi connectivity index (χ3v) is 3.67. The zero-order valence-corrected chi connectivity index (χ0v) is 12.7. The van der Waals surface area contributed by atoms with Gasteiger partial charge >= 0.3 is 0 Å². The Labute approximate surface area is 122 Å². The van der Waals surface area contributed by atoms with Gasteiger partial charge in [0.25, 0.3) is 0 Å². The van der Waals surface area contributed by atoms with Gasteiger partial charge in [0, 0.05) is 31.9 Å². The second-order valence-corrected chi connectivity index (χ2v) is 5.84. The molecule has 1 aliphatic heterocycles.